The largest absolute Gasteiger partial charge is 0.356 e. The Morgan fingerprint density at radius 3 is 2.74 bits per heavy atom. The van der Waals surface area contributed by atoms with Gasteiger partial charge in [0.15, 0.2) is 0 Å². The molecule has 1 saturated heterocycles. The van der Waals surface area contributed by atoms with Crippen molar-refractivity contribution in [1.82, 2.24) is 10.2 Å². The minimum absolute atomic E-state index is 0.165. The number of hydrogen-bond acceptors (Lipinski definition) is 2. The fraction of sp³-hybridized carbons (Fsp3) is 0.579. The first kappa shape index (κ1) is 16.0. The van der Waals surface area contributed by atoms with Gasteiger partial charge in [-0.1, -0.05) is 24.3 Å². The second-order valence-corrected chi connectivity index (χ2v) is 6.85. The molecule has 23 heavy (non-hydrogen) atoms. The summed E-state index contributed by atoms with van der Waals surface area (Å²) >= 11 is 0. The molecule has 1 atom stereocenters. The van der Waals surface area contributed by atoms with Crippen LogP contribution in [0.3, 0.4) is 0 Å². The SMILES string of the molecule is Cc1ccccc1[C@H]1CCN(C(=O)CCCNC(=O)C2CC2)C1. The van der Waals surface area contributed by atoms with Crippen LogP contribution in [-0.2, 0) is 9.59 Å². The van der Waals surface area contributed by atoms with E-state index in [1.807, 2.05) is 4.90 Å². The van der Waals surface area contributed by atoms with Crippen molar-refractivity contribution in [3.05, 3.63) is 35.4 Å². The third-order valence-electron chi connectivity index (χ3n) is 4.98. The van der Waals surface area contributed by atoms with E-state index in [1.54, 1.807) is 0 Å². The van der Waals surface area contributed by atoms with Crippen LogP contribution < -0.4 is 5.32 Å². The number of amides is 2. The maximum absolute atomic E-state index is 12.3. The van der Waals surface area contributed by atoms with E-state index in [-0.39, 0.29) is 17.7 Å². The van der Waals surface area contributed by atoms with Crippen molar-refractivity contribution >= 4 is 11.8 Å². The topological polar surface area (TPSA) is 49.4 Å². The van der Waals surface area contributed by atoms with Gasteiger partial charge >= 0.3 is 0 Å². The van der Waals surface area contributed by atoms with Crippen LogP contribution in [0, 0.1) is 12.8 Å². The number of rotatable bonds is 6. The highest BCUT2D eigenvalue weighted by Crippen LogP contribution is 2.30. The van der Waals surface area contributed by atoms with Crippen LogP contribution in [0.2, 0.25) is 0 Å². The lowest BCUT2D eigenvalue weighted by molar-refractivity contribution is -0.130. The van der Waals surface area contributed by atoms with Crippen LogP contribution in [0.5, 0.6) is 0 Å². The third-order valence-corrected chi connectivity index (χ3v) is 4.98. The molecular weight excluding hydrogens is 288 g/mol. The Hall–Kier alpha value is -1.84. The summed E-state index contributed by atoms with van der Waals surface area (Å²) in [6.07, 6.45) is 4.38. The summed E-state index contributed by atoms with van der Waals surface area (Å²) in [4.78, 5) is 25.8. The number of nitrogens with one attached hydrogen (secondary N) is 1. The summed E-state index contributed by atoms with van der Waals surface area (Å²) in [7, 11) is 0. The third kappa shape index (κ3) is 4.12. The van der Waals surface area contributed by atoms with Gasteiger partial charge in [0.05, 0.1) is 0 Å². The molecule has 0 spiro atoms. The Labute approximate surface area is 138 Å². The molecule has 3 rings (SSSR count). The fourth-order valence-corrected chi connectivity index (χ4v) is 3.38. The Bertz CT molecular complexity index is 580. The molecule has 2 amide bonds. The lowest BCUT2D eigenvalue weighted by Crippen LogP contribution is -2.30. The van der Waals surface area contributed by atoms with Crippen LogP contribution in [0.25, 0.3) is 0 Å². The van der Waals surface area contributed by atoms with Crippen LogP contribution >= 0.6 is 0 Å². The molecule has 1 aromatic carbocycles. The van der Waals surface area contributed by atoms with Gasteiger partial charge in [-0.25, -0.2) is 0 Å². The van der Waals surface area contributed by atoms with Gasteiger partial charge in [0.25, 0.3) is 0 Å². The molecule has 0 radical (unpaired) electrons. The zero-order chi connectivity index (χ0) is 16.2. The van der Waals surface area contributed by atoms with Crippen LogP contribution in [0.4, 0.5) is 0 Å². The van der Waals surface area contributed by atoms with Gasteiger partial charge in [-0.05, 0) is 43.7 Å². The monoisotopic (exact) mass is 314 g/mol. The van der Waals surface area contributed by atoms with Gasteiger partial charge in [0.2, 0.25) is 11.8 Å². The van der Waals surface area contributed by atoms with Gasteiger partial charge in [0, 0.05) is 37.9 Å². The molecule has 0 aromatic heterocycles. The number of hydrogen-bond donors (Lipinski definition) is 1. The van der Waals surface area contributed by atoms with Gasteiger partial charge in [-0.15, -0.1) is 0 Å². The van der Waals surface area contributed by atoms with E-state index in [0.29, 0.717) is 18.9 Å². The van der Waals surface area contributed by atoms with Crippen LogP contribution in [0.15, 0.2) is 24.3 Å². The number of benzene rings is 1. The number of nitrogens with zero attached hydrogens (tertiary/aromatic N) is 1. The molecular formula is C19H26N2O2. The summed E-state index contributed by atoms with van der Waals surface area (Å²) in [5, 5.41) is 2.92. The van der Waals surface area contributed by atoms with Crippen molar-refractivity contribution in [3.8, 4) is 0 Å². The minimum Gasteiger partial charge on any atom is -0.356 e. The normalized spacial score (nSPS) is 20.6. The quantitative estimate of drug-likeness (QED) is 0.821. The van der Waals surface area contributed by atoms with Crippen LogP contribution in [-0.4, -0.2) is 36.3 Å². The van der Waals surface area contributed by atoms with Crippen molar-refractivity contribution in [2.45, 2.75) is 44.9 Å². The van der Waals surface area contributed by atoms with Gasteiger partial charge in [-0.2, -0.15) is 0 Å². The molecule has 0 unspecified atom stereocenters. The average molecular weight is 314 g/mol. The molecule has 2 fully saturated rings. The zero-order valence-corrected chi connectivity index (χ0v) is 13.9. The molecule has 1 heterocycles. The van der Waals surface area contributed by atoms with E-state index in [4.69, 9.17) is 0 Å². The maximum Gasteiger partial charge on any atom is 0.223 e. The summed E-state index contributed by atoms with van der Waals surface area (Å²) in [6.45, 7) is 4.45. The second-order valence-electron chi connectivity index (χ2n) is 6.85. The van der Waals surface area contributed by atoms with E-state index < -0.39 is 0 Å². The van der Waals surface area contributed by atoms with E-state index in [1.165, 1.54) is 11.1 Å². The molecule has 1 aliphatic carbocycles. The van der Waals surface area contributed by atoms with Crippen molar-refractivity contribution < 1.29 is 9.59 Å². The summed E-state index contributed by atoms with van der Waals surface area (Å²) in [5.74, 6) is 1.11. The Morgan fingerprint density at radius 2 is 2.00 bits per heavy atom. The van der Waals surface area contributed by atoms with Gasteiger partial charge in [-0.3, -0.25) is 9.59 Å². The number of carbonyl (C=O) groups excluding carboxylic acids is 2. The molecule has 1 aromatic rings. The highest BCUT2D eigenvalue weighted by molar-refractivity contribution is 5.81. The Balaban J connectivity index is 1.40. The molecule has 124 valence electrons. The van der Waals surface area contributed by atoms with E-state index in [2.05, 4.69) is 36.5 Å². The molecule has 1 aliphatic heterocycles. The summed E-state index contributed by atoms with van der Waals surface area (Å²) < 4.78 is 0. The molecule has 1 N–H and O–H groups in total. The number of carbonyl (C=O) groups is 2. The highest BCUT2D eigenvalue weighted by Gasteiger charge is 2.29. The number of aryl methyl sites for hydroxylation is 1. The number of likely N-dealkylation sites (tertiary alicyclic amines) is 1. The standard InChI is InChI=1S/C19H26N2O2/c1-14-5-2-3-6-17(14)16-10-12-21(13-16)18(22)7-4-11-20-19(23)15-8-9-15/h2-3,5-6,15-16H,4,7-13H2,1H3,(H,20,23)/t16-/m0/s1. The van der Waals surface area contributed by atoms with Gasteiger partial charge in [0.1, 0.15) is 0 Å². The molecule has 4 heteroatoms. The van der Waals surface area contributed by atoms with Crippen molar-refractivity contribution in [2.75, 3.05) is 19.6 Å². The van der Waals surface area contributed by atoms with E-state index >= 15 is 0 Å². The predicted octanol–water partition coefficient (Wildman–Crippen LogP) is 2.62. The first-order valence-corrected chi connectivity index (χ1v) is 8.76. The molecule has 4 nitrogen and oxygen atoms in total. The highest BCUT2D eigenvalue weighted by atomic mass is 16.2. The second kappa shape index (κ2) is 7.16. The Morgan fingerprint density at radius 1 is 1.22 bits per heavy atom. The lowest BCUT2D eigenvalue weighted by Gasteiger charge is -2.17. The van der Waals surface area contributed by atoms with Crippen molar-refractivity contribution in [2.24, 2.45) is 5.92 Å². The predicted molar refractivity (Wildman–Crippen MR) is 90.1 cm³/mol. The maximum atomic E-state index is 12.3. The minimum atomic E-state index is 0.165. The van der Waals surface area contributed by atoms with Gasteiger partial charge < -0.3 is 10.2 Å². The first-order valence-electron chi connectivity index (χ1n) is 8.76. The smallest absolute Gasteiger partial charge is 0.223 e. The van der Waals surface area contributed by atoms with E-state index in [0.717, 1.165) is 38.8 Å². The van der Waals surface area contributed by atoms with Crippen LogP contribution in [0.1, 0.15) is 49.1 Å². The fourth-order valence-electron chi connectivity index (χ4n) is 3.38. The average Bonchev–Trinajstić information content (AvgIpc) is 3.29. The van der Waals surface area contributed by atoms with E-state index in [9.17, 15) is 9.59 Å². The summed E-state index contributed by atoms with van der Waals surface area (Å²) in [6, 6.07) is 8.46. The van der Waals surface area contributed by atoms with Crippen molar-refractivity contribution in [3.63, 3.8) is 0 Å². The molecule has 0 bridgehead atoms. The Kier molecular flexibility index (Phi) is 4.99. The summed E-state index contributed by atoms with van der Waals surface area (Å²) in [5.41, 5.74) is 2.69. The zero-order valence-electron chi connectivity index (χ0n) is 13.9. The molecule has 1 saturated carbocycles. The van der Waals surface area contributed by atoms with Crippen molar-refractivity contribution in [1.29, 1.82) is 0 Å². The lowest BCUT2D eigenvalue weighted by atomic mass is 9.94. The molecule has 2 aliphatic rings. The first-order chi connectivity index (χ1) is 11.1.